The monoisotopic (exact) mass is 730 g/mol. The van der Waals surface area contributed by atoms with Crippen molar-refractivity contribution in [3.63, 3.8) is 0 Å². The van der Waals surface area contributed by atoms with Crippen molar-refractivity contribution in [1.82, 2.24) is 19.5 Å². The third-order valence-electron chi connectivity index (χ3n) is 11.2. The van der Waals surface area contributed by atoms with Crippen molar-refractivity contribution in [2.24, 2.45) is 0 Å². The Balaban J connectivity index is 1.11. The van der Waals surface area contributed by atoms with Crippen molar-refractivity contribution in [3.05, 3.63) is 182 Å². The van der Waals surface area contributed by atoms with E-state index in [2.05, 4.69) is 187 Å². The van der Waals surface area contributed by atoms with Gasteiger partial charge in [-0.2, -0.15) is 0 Å². The quantitative estimate of drug-likeness (QED) is 0.181. The molecule has 0 aliphatic heterocycles. The van der Waals surface area contributed by atoms with Gasteiger partial charge in [0.1, 0.15) is 0 Å². The molecule has 3 aromatic heterocycles. The lowest BCUT2D eigenvalue weighted by Gasteiger charge is -2.15. The molecule has 0 atom stereocenters. The van der Waals surface area contributed by atoms with E-state index in [4.69, 9.17) is 15.0 Å². The first kappa shape index (κ1) is 31.2. The lowest BCUT2D eigenvalue weighted by molar-refractivity contribution is 1.08. The van der Waals surface area contributed by atoms with Gasteiger partial charge in [0.05, 0.1) is 16.7 Å². The zero-order valence-electron chi connectivity index (χ0n) is 30.0. The molecule has 5 heteroatoms. The van der Waals surface area contributed by atoms with Gasteiger partial charge in [-0.1, -0.05) is 140 Å². The molecule has 4 nitrogen and oxygen atoms in total. The summed E-state index contributed by atoms with van der Waals surface area (Å²) in [7, 11) is 0. The molecule has 0 saturated heterocycles. The fourth-order valence-corrected chi connectivity index (χ4v) is 9.76. The number of fused-ring (bicyclic) bond motifs is 9. The molecule has 0 fully saturated rings. The molecule has 0 saturated carbocycles. The van der Waals surface area contributed by atoms with E-state index >= 15 is 0 Å². The molecule has 0 aliphatic rings. The molecule has 260 valence electrons. The zero-order chi connectivity index (χ0) is 36.7. The standard InChI is InChI=1S/C51H30N4S/c1-2-14-33-29-46-43(28-32(33)13-1)38-19-7-9-22-44(38)55(46)45-27-26-42(36-17-5-6-18-37(36)45)51-53-49(34-24-25-40-39-20-8-10-23-47(39)56-48(40)30-34)52-50(54-51)41-21-11-15-31-12-3-4-16-35(31)41/h1-30H. The van der Waals surface area contributed by atoms with E-state index < -0.39 is 0 Å². The molecule has 0 bridgehead atoms. The molecule has 9 aromatic carbocycles. The summed E-state index contributed by atoms with van der Waals surface area (Å²) in [6, 6.07) is 65.1. The first-order valence-corrected chi connectivity index (χ1v) is 19.7. The maximum atomic E-state index is 5.30. The van der Waals surface area contributed by atoms with E-state index in [1.54, 1.807) is 11.3 Å². The molecule has 0 amide bonds. The number of hydrogen-bond donors (Lipinski definition) is 0. The van der Waals surface area contributed by atoms with Crippen LogP contribution in [0.15, 0.2) is 182 Å². The molecule has 12 aromatic rings. The molecule has 0 radical (unpaired) electrons. The van der Waals surface area contributed by atoms with Crippen LogP contribution in [0.2, 0.25) is 0 Å². The second-order valence-electron chi connectivity index (χ2n) is 14.4. The second kappa shape index (κ2) is 12.2. The lowest BCUT2D eigenvalue weighted by Crippen LogP contribution is -2.02. The number of para-hydroxylation sites is 1. The maximum absolute atomic E-state index is 5.30. The molecule has 0 N–H and O–H groups in total. The Morgan fingerprint density at radius 1 is 0.339 bits per heavy atom. The van der Waals surface area contributed by atoms with Crippen LogP contribution in [-0.2, 0) is 0 Å². The third kappa shape index (κ3) is 4.75. The fraction of sp³-hybridized carbons (Fsp3) is 0. The van der Waals surface area contributed by atoms with Crippen LogP contribution in [0.5, 0.6) is 0 Å². The predicted octanol–water partition coefficient (Wildman–Crippen LogP) is 13.8. The Morgan fingerprint density at radius 2 is 0.946 bits per heavy atom. The molecule has 0 spiro atoms. The number of aromatic nitrogens is 4. The van der Waals surface area contributed by atoms with E-state index in [1.807, 2.05) is 0 Å². The van der Waals surface area contributed by atoms with Gasteiger partial charge in [0, 0.05) is 53.0 Å². The Kier molecular flexibility index (Phi) is 6.76. The molecular weight excluding hydrogens is 701 g/mol. The predicted molar refractivity (Wildman–Crippen MR) is 236 cm³/mol. The minimum absolute atomic E-state index is 0.644. The van der Waals surface area contributed by atoms with Gasteiger partial charge in [-0.15, -0.1) is 11.3 Å². The Hall–Kier alpha value is -7.21. The van der Waals surface area contributed by atoms with Gasteiger partial charge >= 0.3 is 0 Å². The first-order chi connectivity index (χ1) is 27.7. The smallest absolute Gasteiger partial charge is 0.164 e. The highest BCUT2D eigenvalue weighted by Crippen LogP contribution is 2.40. The summed E-state index contributed by atoms with van der Waals surface area (Å²) in [5, 5.41) is 11.9. The van der Waals surface area contributed by atoms with Crippen LogP contribution >= 0.6 is 11.3 Å². The van der Waals surface area contributed by atoms with Crippen molar-refractivity contribution in [1.29, 1.82) is 0 Å². The highest BCUT2D eigenvalue weighted by Gasteiger charge is 2.20. The van der Waals surface area contributed by atoms with Gasteiger partial charge in [-0.25, -0.2) is 15.0 Å². The molecule has 12 rings (SSSR count). The molecule has 0 aliphatic carbocycles. The van der Waals surface area contributed by atoms with Crippen LogP contribution in [0.25, 0.3) is 114 Å². The fourth-order valence-electron chi connectivity index (χ4n) is 8.62. The minimum atomic E-state index is 0.644. The molecule has 56 heavy (non-hydrogen) atoms. The number of thiophene rings is 1. The van der Waals surface area contributed by atoms with Gasteiger partial charge in [0.2, 0.25) is 0 Å². The molecule has 0 unspecified atom stereocenters. The average molecular weight is 731 g/mol. The SMILES string of the molecule is c1ccc2cc3c(cc2c1)c1ccccc1n3-c1ccc(-c2nc(-c3ccc4c(c3)sc3ccccc34)nc(-c3cccc4ccccc34)n2)c2ccccc12. The number of nitrogens with zero attached hydrogens (tertiary/aromatic N) is 4. The summed E-state index contributed by atoms with van der Waals surface area (Å²) in [5.41, 5.74) is 6.38. The van der Waals surface area contributed by atoms with Crippen LogP contribution in [0, 0.1) is 0 Å². The van der Waals surface area contributed by atoms with Crippen LogP contribution in [0.1, 0.15) is 0 Å². The number of rotatable bonds is 4. The second-order valence-corrected chi connectivity index (χ2v) is 15.5. The summed E-state index contributed by atoms with van der Waals surface area (Å²) < 4.78 is 4.91. The summed E-state index contributed by atoms with van der Waals surface area (Å²) in [5.74, 6) is 1.95. The minimum Gasteiger partial charge on any atom is -0.309 e. The lowest BCUT2D eigenvalue weighted by atomic mass is 10.0. The number of benzene rings is 9. The van der Waals surface area contributed by atoms with Gasteiger partial charge < -0.3 is 4.57 Å². The van der Waals surface area contributed by atoms with Gasteiger partial charge in [0.25, 0.3) is 0 Å². The Bertz CT molecular complexity index is 3550. The zero-order valence-corrected chi connectivity index (χ0v) is 30.8. The van der Waals surface area contributed by atoms with E-state index in [-0.39, 0.29) is 0 Å². The van der Waals surface area contributed by atoms with Gasteiger partial charge in [-0.3, -0.25) is 0 Å². The van der Waals surface area contributed by atoms with Crippen LogP contribution < -0.4 is 0 Å². The van der Waals surface area contributed by atoms with E-state index in [1.165, 1.54) is 52.8 Å². The number of hydrogen-bond acceptors (Lipinski definition) is 4. The first-order valence-electron chi connectivity index (χ1n) is 18.9. The van der Waals surface area contributed by atoms with Crippen molar-refractivity contribution in [2.75, 3.05) is 0 Å². The maximum Gasteiger partial charge on any atom is 0.164 e. The summed E-state index contributed by atoms with van der Waals surface area (Å²) in [6.07, 6.45) is 0. The van der Waals surface area contributed by atoms with Crippen LogP contribution in [0.4, 0.5) is 0 Å². The van der Waals surface area contributed by atoms with Crippen molar-refractivity contribution in [3.8, 4) is 39.9 Å². The van der Waals surface area contributed by atoms with Gasteiger partial charge in [0.15, 0.2) is 17.5 Å². The topological polar surface area (TPSA) is 43.6 Å². The van der Waals surface area contributed by atoms with Gasteiger partial charge in [-0.05, 0) is 69.4 Å². The Labute approximate surface area is 325 Å². The van der Waals surface area contributed by atoms with Crippen molar-refractivity contribution >= 4 is 85.6 Å². The molecule has 3 heterocycles. The third-order valence-corrected chi connectivity index (χ3v) is 12.4. The highest BCUT2D eigenvalue weighted by atomic mass is 32.1. The summed E-state index contributed by atoms with van der Waals surface area (Å²) >= 11 is 1.80. The summed E-state index contributed by atoms with van der Waals surface area (Å²) in [6.45, 7) is 0. The highest BCUT2D eigenvalue weighted by molar-refractivity contribution is 7.25. The van der Waals surface area contributed by atoms with E-state index in [9.17, 15) is 0 Å². The van der Waals surface area contributed by atoms with Crippen molar-refractivity contribution < 1.29 is 0 Å². The largest absolute Gasteiger partial charge is 0.309 e. The van der Waals surface area contributed by atoms with E-state index in [0.717, 1.165) is 43.9 Å². The molecular formula is C51H30N4S. The average Bonchev–Trinajstić information content (AvgIpc) is 3.79. The normalized spacial score (nSPS) is 11.9. The van der Waals surface area contributed by atoms with Crippen LogP contribution in [-0.4, -0.2) is 19.5 Å². The van der Waals surface area contributed by atoms with Crippen molar-refractivity contribution in [2.45, 2.75) is 0 Å². The Morgan fingerprint density at radius 3 is 1.79 bits per heavy atom. The van der Waals surface area contributed by atoms with E-state index in [0.29, 0.717) is 17.5 Å². The summed E-state index contributed by atoms with van der Waals surface area (Å²) in [4.78, 5) is 15.8. The van der Waals surface area contributed by atoms with Crippen LogP contribution in [0.3, 0.4) is 0 Å².